The molecule has 0 heterocycles. The SMILES string of the molecule is CN(CC(N)=O)c1cccc(Cl)c1CNC1CC1. The maximum Gasteiger partial charge on any atom is 0.236 e. The van der Waals surface area contributed by atoms with E-state index in [1.807, 2.05) is 30.1 Å². The molecule has 0 bridgehead atoms. The Morgan fingerprint density at radius 1 is 1.56 bits per heavy atom. The second-order valence-corrected chi connectivity index (χ2v) is 5.12. The third kappa shape index (κ3) is 3.37. The number of nitrogens with two attached hydrogens (primary N) is 1. The fourth-order valence-corrected chi connectivity index (χ4v) is 2.17. The number of likely N-dealkylation sites (N-methyl/N-ethyl adjacent to an activating group) is 1. The Hall–Kier alpha value is -1.26. The lowest BCUT2D eigenvalue weighted by atomic mass is 10.1. The van der Waals surface area contributed by atoms with Gasteiger partial charge in [-0.3, -0.25) is 4.79 Å². The molecule has 4 nitrogen and oxygen atoms in total. The first-order valence-electron chi connectivity index (χ1n) is 6.08. The number of carbonyl (C=O) groups excluding carboxylic acids is 1. The predicted molar refractivity (Wildman–Crippen MR) is 73.8 cm³/mol. The first-order chi connectivity index (χ1) is 8.58. The van der Waals surface area contributed by atoms with Gasteiger partial charge in [-0.2, -0.15) is 0 Å². The molecule has 1 aliphatic rings. The number of nitrogens with one attached hydrogen (secondary N) is 1. The summed E-state index contributed by atoms with van der Waals surface area (Å²) in [7, 11) is 1.84. The lowest BCUT2D eigenvalue weighted by Gasteiger charge is -2.22. The van der Waals surface area contributed by atoms with E-state index in [2.05, 4.69) is 5.32 Å². The third-order valence-electron chi connectivity index (χ3n) is 3.04. The van der Waals surface area contributed by atoms with Gasteiger partial charge in [-0.05, 0) is 25.0 Å². The van der Waals surface area contributed by atoms with E-state index in [9.17, 15) is 4.79 Å². The Bertz CT molecular complexity index is 446. The molecule has 18 heavy (non-hydrogen) atoms. The molecule has 0 radical (unpaired) electrons. The third-order valence-corrected chi connectivity index (χ3v) is 3.40. The van der Waals surface area contributed by atoms with E-state index in [4.69, 9.17) is 17.3 Å². The molecule has 1 amide bonds. The highest BCUT2D eigenvalue weighted by atomic mass is 35.5. The highest BCUT2D eigenvalue weighted by molar-refractivity contribution is 6.31. The number of nitrogens with zero attached hydrogens (tertiary/aromatic N) is 1. The number of halogens is 1. The first-order valence-corrected chi connectivity index (χ1v) is 6.46. The molecule has 1 saturated carbocycles. The summed E-state index contributed by atoms with van der Waals surface area (Å²) >= 11 is 6.23. The Labute approximate surface area is 112 Å². The van der Waals surface area contributed by atoms with Gasteiger partial charge in [0.15, 0.2) is 0 Å². The van der Waals surface area contributed by atoms with Crippen molar-refractivity contribution >= 4 is 23.2 Å². The second-order valence-electron chi connectivity index (χ2n) is 4.72. The molecule has 0 saturated heterocycles. The van der Waals surface area contributed by atoms with Gasteiger partial charge < -0.3 is 16.0 Å². The fraction of sp³-hybridized carbons (Fsp3) is 0.462. The zero-order chi connectivity index (χ0) is 13.1. The number of carbonyl (C=O) groups is 1. The van der Waals surface area contributed by atoms with Gasteiger partial charge in [0, 0.05) is 35.9 Å². The molecule has 2 rings (SSSR count). The van der Waals surface area contributed by atoms with E-state index in [-0.39, 0.29) is 12.5 Å². The molecule has 0 aromatic heterocycles. The topological polar surface area (TPSA) is 58.4 Å². The summed E-state index contributed by atoms with van der Waals surface area (Å²) in [6.07, 6.45) is 2.47. The minimum absolute atomic E-state index is 0.191. The van der Waals surface area contributed by atoms with Crippen molar-refractivity contribution in [2.24, 2.45) is 5.73 Å². The van der Waals surface area contributed by atoms with Gasteiger partial charge in [-0.1, -0.05) is 17.7 Å². The summed E-state index contributed by atoms with van der Waals surface area (Å²) < 4.78 is 0. The molecule has 1 aliphatic carbocycles. The summed E-state index contributed by atoms with van der Waals surface area (Å²) in [5.74, 6) is -0.349. The van der Waals surface area contributed by atoms with Crippen molar-refractivity contribution in [1.82, 2.24) is 5.32 Å². The highest BCUT2D eigenvalue weighted by Crippen LogP contribution is 2.28. The number of hydrogen-bond acceptors (Lipinski definition) is 3. The summed E-state index contributed by atoms with van der Waals surface area (Å²) in [5, 5.41) is 4.15. The van der Waals surface area contributed by atoms with Crippen molar-refractivity contribution < 1.29 is 4.79 Å². The first kappa shape index (κ1) is 13.2. The van der Waals surface area contributed by atoms with Crippen LogP contribution in [0.5, 0.6) is 0 Å². The van der Waals surface area contributed by atoms with E-state index in [0.29, 0.717) is 6.04 Å². The number of benzene rings is 1. The van der Waals surface area contributed by atoms with Crippen molar-refractivity contribution in [3.8, 4) is 0 Å². The largest absolute Gasteiger partial charge is 0.368 e. The minimum Gasteiger partial charge on any atom is -0.368 e. The number of rotatable bonds is 6. The average molecular weight is 268 g/mol. The smallest absolute Gasteiger partial charge is 0.236 e. The molecule has 0 aliphatic heterocycles. The van der Waals surface area contributed by atoms with E-state index in [0.717, 1.165) is 22.8 Å². The molecule has 1 fully saturated rings. The zero-order valence-electron chi connectivity index (χ0n) is 10.4. The van der Waals surface area contributed by atoms with Crippen LogP contribution < -0.4 is 16.0 Å². The van der Waals surface area contributed by atoms with Gasteiger partial charge in [-0.25, -0.2) is 0 Å². The molecule has 3 N–H and O–H groups in total. The number of primary amides is 1. The standard InChI is InChI=1S/C13H18ClN3O/c1-17(8-13(15)18)12-4-2-3-11(14)10(12)7-16-9-5-6-9/h2-4,9,16H,5-8H2,1H3,(H2,15,18). The van der Waals surface area contributed by atoms with Crippen LogP contribution >= 0.6 is 11.6 Å². The molecule has 98 valence electrons. The van der Waals surface area contributed by atoms with Crippen LogP contribution in [-0.2, 0) is 11.3 Å². The zero-order valence-corrected chi connectivity index (χ0v) is 11.2. The number of hydrogen-bond donors (Lipinski definition) is 2. The van der Waals surface area contributed by atoms with Crippen molar-refractivity contribution in [3.05, 3.63) is 28.8 Å². The van der Waals surface area contributed by atoms with Crippen molar-refractivity contribution in [3.63, 3.8) is 0 Å². The molecular formula is C13H18ClN3O. The van der Waals surface area contributed by atoms with Crippen molar-refractivity contribution in [2.75, 3.05) is 18.5 Å². The highest BCUT2D eigenvalue weighted by Gasteiger charge is 2.21. The summed E-state index contributed by atoms with van der Waals surface area (Å²) in [4.78, 5) is 12.8. The molecular weight excluding hydrogens is 250 g/mol. The van der Waals surface area contributed by atoms with Crippen LogP contribution in [0.25, 0.3) is 0 Å². The summed E-state index contributed by atoms with van der Waals surface area (Å²) in [6, 6.07) is 6.33. The number of amides is 1. The quantitative estimate of drug-likeness (QED) is 0.822. The Kier molecular flexibility index (Phi) is 4.09. The Morgan fingerprint density at radius 3 is 2.89 bits per heavy atom. The average Bonchev–Trinajstić information content (AvgIpc) is 3.10. The van der Waals surface area contributed by atoms with Crippen LogP contribution in [-0.4, -0.2) is 25.5 Å². The van der Waals surface area contributed by atoms with Crippen LogP contribution in [0.2, 0.25) is 5.02 Å². The van der Waals surface area contributed by atoms with Gasteiger partial charge in [0.25, 0.3) is 0 Å². The van der Waals surface area contributed by atoms with Gasteiger partial charge in [0.2, 0.25) is 5.91 Å². The van der Waals surface area contributed by atoms with Gasteiger partial charge in [0.1, 0.15) is 0 Å². The fourth-order valence-electron chi connectivity index (χ4n) is 1.93. The van der Waals surface area contributed by atoms with Crippen LogP contribution in [0.4, 0.5) is 5.69 Å². The van der Waals surface area contributed by atoms with Crippen LogP contribution in [0, 0.1) is 0 Å². The summed E-state index contributed by atoms with van der Waals surface area (Å²) in [6.45, 7) is 0.916. The summed E-state index contributed by atoms with van der Waals surface area (Å²) in [5.41, 5.74) is 7.20. The van der Waals surface area contributed by atoms with Gasteiger partial charge in [-0.15, -0.1) is 0 Å². The normalized spacial score (nSPS) is 14.6. The maximum absolute atomic E-state index is 11.0. The minimum atomic E-state index is -0.349. The van der Waals surface area contributed by atoms with E-state index in [1.54, 1.807) is 0 Å². The Balaban J connectivity index is 2.15. The molecule has 0 atom stereocenters. The van der Waals surface area contributed by atoms with Crippen LogP contribution in [0.3, 0.4) is 0 Å². The van der Waals surface area contributed by atoms with Crippen LogP contribution in [0.1, 0.15) is 18.4 Å². The lowest BCUT2D eigenvalue weighted by molar-refractivity contribution is -0.116. The molecule has 5 heteroatoms. The van der Waals surface area contributed by atoms with E-state index >= 15 is 0 Å². The van der Waals surface area contributed by atoms with E-state index < -0.39 is 0 Å². The maximum atomic E-state index is 11.0. The van der Waals surface area contributed by atoms with E-state index in [1.165, 1.54) is 12.8 Å². The predicted octanol–water partition coefficient (Wildman–Crippen LogP) is 1.51. The monoisotopic (exact) mass is 267 g/mol. The van der Waals surface area contributed by atoms with Crippen molar-refractivity contribution in [2.45, 2.75) is 25.4 Å². The molecule has 0 unspecified atom stereocenters. The van der Waals surface area contributed by atoms with Crippen molar-refractivity contribution in [1.29, 1.82) is 0 Å². The van der Waals surface area contributed by atoms with Gasteiger partial charge in [0.05, 0.1) is 6.54 Å². The Morgan fingerprint density at radius 2 is 2.28 bits per heavy atom. The second kappa shape index (κ2) is 5.59. The molecule has 0 spiro atoms. The molecule has 1 aromatic rings. The lowest BCUT2D eigenvalue weighted by Crippen LogP contribution is -2.31. The molecule has 1 aromatic carbocycles. The van der Waals surface area contributed by atoms with Gasteiger partial charge >= 0.3 is 0 Å². The number of anilines is 1. The van der Waals surface area contributed by atoms with Crippen LogP contribution in [0.15, 0.2) is 18.2 Å².